The second-order valence-corrected chi connectivity index (χ2v) is 4.98. The van der Waals surface area contributed by atoms with Gasteiger partial charge in [-0.1, -0.05) is 6.92 Å². The third kappa shape index (κ3) is 3.31. The molecule has 0 amide bonds. The maximum atomic E-state index is 8.79. The van der Waals surface area contributed by atoms with Crippen molar-refractivity contribution in [2.75, 3.05) is 13.1 Å². The van der Waals surface area contributed by atoms with Gasteiger partial charge in [-0.25, -0.2) is 4.98 Å². The summed E-state index contributed by atoms with van der Waals surface area (Å²) in [7, 11) is 0. The molecule has 0 saturated heterocycles. The lowest BCUT2D eigenvalue weighted by Gasteiger charge is -2.10. The van der Waals surface area contributed by atoms with E-state index in [1.54, 1.807) is 0 Å². The third-order valence-electron chi connectivity index (χ3n) is 3.42. The molecule has 1 fully saturated rings. The summed E-state index contributed by atoms with van der Waals surface area (Å²) in [5, 5.41) is 12.1. The third-order valence-corrected chi connectivity index (χ3v) is 3.42. The molecule has 0 unspecified atom stereocenters. The molecule has 4 nitrogen and oxygen atoms in total. The minimum absolute atomic E-state index is 0.258. The fraction of sp³-hybridized carbons (Fsp3) is 0.692. The van der Waals surface area contributed by atoms with Crippen LogP contribution in [0.4, 0.5) is 0 Å². The van der Waals surface area contributed by atoms with E-state index in [0.717, 1.165) is 31.7 Å². The second-order valence-electron chi connectivity index (χ2n) is 4.98. The van der Waals surface area contributed by atoms with Crippen LogP contribution in [0, 0.1) is 16.7 Å². The van der Waals surface area contributed by atoms with Crippen LogP contribution in [0.3, 0.4) is 0 Å². The highest BCUT2D eigenvalue weighted by Gasteiger charge is 2.42. The summed E-state index contributed by atoms with van der Waals surface area (Å²) in [6.45, 7) is 5.05. The number of nitrogens with one attached hydrogen (secondary N) is 1. The summed E-state index contributed by atoms with van der Waals surface area (Å²) in [5.74, 6) is 0. The normalized spacial score (nSPS) is 16.7. The summed E-state index contributed by atoms with van der Waals surface area (Å²) in [6, 6.07) is 2.30. The van der Waals surface area contributed by atoms with Crippen LogP contribution in [0.15, 0.2) is 12.5 Å². The predicted molar refractivity (Wildman–Crippen MR) is 66.4 cm³/mol. The first kappa shape index (κ1) is 12.1. The van der Waals surface area contributed by atoms with Crippen LogP contribution in [0.2, 0.25) is 0 Å². The minimum atomic E-state index is 0.258. The van der Waals surface area contributed by atoms with E-state index in [9.17, 15) is 0 Å². The number of likely N-dealkylation sites (N-methyl/N-ethyl adjacent to an activating group) is 1. The highest BCUT2D eigenvalue weighted by molar-refractivity contribution is 5.03. The molecule has 1 N–H and O–H groups in total. The van der Waals surface area contributed by atoms with Crippen molar-refractivity contribution < 1.29 is 0 Å². The molecule has 4 heteroatoms. The molecule has 0 spiro atoms. The summed E-state index contributed by atoms with van der Waals surface area (Å²) in [4.78, 5) is 4.40. The van der Waals surface area contributed by atoms with Gasteiger partial charge >= 0.3 is 0 Å². The Morgan fingerprint density at radius 2 is 2.41 bits per heavy atom. The van der Waals surface area contributed by atoms with Crippen molar-refractivity contribution in [2.45, 2.75) is 39.2 Å². The number of imidazole rings is 1. The molecule has 1 aromatic rings. The van der Waals surface area contributed by atoms with E-state index in [2.05, 4.69) is 34.1 Å². The van der Waals surface area contributed by atoms with Crippen molar-refractivity contribution in [3.63, 3.8) is 0 Å². The summed E-state index contributed by atoms with van der Waals surface area (Å²) in [5.41, 5.74) is 1.40. The van der Waals surface area contributed by atoms with Crippen molar-refractivity contribution in [3.8, 4) is 6.07 Å². The monoisotopic (exact) mass is 232 g/mol. The molecule has 2 rings (SSSR count). The minimum Gasteiger partial charge on any atom is -0.337 e. The molecule has 0 aliphatic heterocycles. The van der Waals surface area contributed by atoms with Crippen molar-refractivity contribution in [1.82, 2.24) is 14.9 Å². The molecular weight excluding hydrogens is 212 g/mol. The van der Waals surface area contributed by atoms with Crippen LogP contribution in [-0.4, -0.2) is 22.6 Å². The van der Waals surface area contributed by atoms with Gasteiger partial charge in [-0.15, -0.1) is 0 Å². The number of rotatable bonds is 7. The number of aromatic nitrogens is 2. The molecule has 1 heterocycles. The topological polar surface area (TPSA) is 53.6 Å². The van der Waals surface area contributed by atoms with Gasteiger partial charge in [-0.05, 0) is 19.4 Å². The Hall–Kier alpha value is -1.34. The molecular formula is C13H20N4. The van der Waals surface area contributed by atoms with Crippen LogP contribution >= 0.6 is 0 Å². The van der Waals surface area contributed by atoms with Crippen LogP contribution in [0.25, 0.3) is 0 Å². The van der Waals surface area contributed by atoms with E-state index in [0.29, 0.717) is 6.42 Å². The van der Waals surface area contributed by atoms with Crippen molar-refractivity contribution in [2.24, 2.45) is 5.41 Å². The molecule has 0 bridgehead atoms. The molecule has 0 radical (unpaired) electrons. The Balaban J connectivity index is 1.84. The van der Waals surface area contributed by atoms with Crippen LogP contribution in [0.1, 0.15) is 31.9 Å². The highest BCUT2D eigenvalue weighted by Crippen LogP contribution is 2.49. The zero-order valence-corrected chi connectivity index (χ0v) is 10.4. The molecule has 17 heavy (non-hydrogen) atoms. The van der Waals surface area contributed by atoms with Gasteiger partial charge in [0, 0.05) is 37.5 Å². The Morgan fingerprint density at radius 3 is 3.06 bits per heavy atom. The zero-order valence-electron chi connectivity index (χ0n) is 10.4. The number of nitriles is 1. The van der Waals surface area contributed by atoms with E-state index in [-0.39, 0.29) is 5.41 Å². The summed E-state index contributed by atoms with van der Waals surface area (Å²) < 4.78 is 2.14. The van der Waals surface area contributed by atoms with Gasteiger partial charge in [0.25, 0.3) is 0 Å². The van der Waals surface area contributed by atoms with E-state index >= 15 is 0 Å². The van der Waals surface area contributed by atoms with Crippen LogP contribution < -0.4 is 5.32 Å². The van der Waals surface area contributed by atoms with E-state index in [1.165, 1.54) is 12.8 Å². The van der Waals surface area contributed by atoms with E-state index in [4.69, 9.17) is 5.26 Å². The van der Waals surface area contributed by atoms with Gasteiger partial charge in [-0.3, -0.25) is 0 Å². The largest absolute Gasteiger partial charge is 0.337 e. The average molecular weight is 232 g/mol. The van der Waals surface area contributed by atoms with E-state index < -0.39 is 0 Å². The summed E-state index contributed by atoms with van der Waals surface area (Å²) in [6.07, 6.45) is 8.05. The van der Waals surface area contributed by atoms with Crippen molar-refractivity contribution in [3.05, 3.63) is 18.2 Å². The van der Waals surface area contributed by atoms with Gasteiger partial charge in [0.05, 0.1) is 18.1 Å². The standard InChI is InChI=1S/C13H20N4/c1-2-15-8-3-12-9-17(11-16-12)10-13(4-5-13)6-7-14/h9,11,15H,2-6,8,10H2,1H3. The quantitative estimate of drug-likeness (QED) is 0.728. The Labute approximate surface area is 103 Å². The number of nitrogens with zero attached hydrogens (tertiary/aromatic N) is 3. The Kier molecular flexibility index (Phi) is 3.80. The zero-order chi connectivity index (χ0) is 12.1. The molecule has 1 aliphatic rings. The van der Waals surface area contributed by atoms with Gasteiger partial charge in [-0.2, -0.15) is 5.26 Å². The van der Waals surface area contributed by atoms with Crippen molar-refractivity contribution in [1.29, 1.82) is 5.26 Å². The number of hydrogen-bond donors (Lipinski definition) is 1. The lowest BCUT2D eigenvalue weighted by atomic mass is 10.0. The SMILES string of the molecule is CCNCCc1cn(CC2(CC#N)CC2)cn1. The molecule has 1 aliphatic carbocycles. The van der Waals surface area contributed by atoms with Crippen LogP contribution in [-0.2, 0) is 13.0 Å². The van der Waals surface area contributed by atoms with Crippen molar-refractivity contribution >= 4 is 0 Å². The first-order chi connectivity index (χ1) is 8.28. The lowest BCUT2D eigenvalue weighted by Crippen LogP contribution is -2.16. The molecule has 0 aromatic carbocycles. The van der Waals surface area contributed by atoms with Crippen LogP contribution in [0.5, 0.6) is 0 Å². The fourth-order valence-corrected chi connectivity index (χ4v) is 2.14. The average Bonchev–Trinajstić information content (AvgIpc) is 2.91. The first-order valence-corrected chi connectivity index (χ1v) is 6.36. The van der Waals surface area contributed by atoms with Gasteiger partial charge in [0.1, 0.15) is 0 Å². The smallest absolute Gasteiger partial charge is 0.0949 e. The highest BCUT2D eigenvalue weighted by atomic mass is 15.0. The van der Waals surface area contributed by atoms with Gasteiger partial charge in [0.2, 0.25) is 0 Å². The summed E-state index contributed by atoms with van der Waals surface area (Å²) >= 11 is 0. The fourth-order valence-electron chi connectivity index (χ4n) is 2.14. The maximum Gasteiger partial charge on any atom is 0.0949 e. The molecule has 1 saturated carbocycles. The lowest BCUT2D eigenvalue weighted by molar-refractivity contribution is 0.431. The first-order valence-electron chi connectivity index (χ1n) is 6.36. The Morgan fingerprint density at radius 1 is 1.59 bits per heavy atom. The number of hydrogen-bond acceptors (Lipinski definition) is 3. The second kappa shape index (κ2) is 5.33. The molecule has 1 aromatic heterocycles. The maximum absolute atomic E-state index is 8.79. The van der Waals surface area contributed by atoms with Gasteiger partial charge < -0.3 is 9.88 Å². The molecule has 0 atom stereocenters. The molecule has 92 valence electrons. The predicted octanol–water partition coefficient (Wildman–Crippen LogP) is 1.73. The van der Waals surface area contributed by atoms with E-state index in [1.807, 2.05) is 6.33 Å². The Bertz CT molecular complexity index is 398. The van der Waals surface area contributed by atoms with Gasteiger partial charge in [0.15, 0.2) is 0 Å².